The highest BCUT2D eigenvalue weighted by molar-refractivity contribution is 5.90. The summed E-state index contributed by atoms with van der Waals surface area (Å²) in [6.07, 6.45) is 2.47. The maximum Gasteiger partial charge on any atom is 0.321 e. The maximum absolute atomic E-state index is 12.4. The third-order valence-corrected chi connectivity index (χ3v) is 4.40. The monoisotopic (exact) mass is 303 g/mol. The first-order chi connectivity index (χ1) is 10.6. The van der Waals surface area contributed by atoms with E-state index >= 15 is 0 Å². The zero-order chi connectivity index (χ0) is 15.5. The minimum atomic E-state index is -0.0350. The summed E-state index contributed by atoms with van der Waals surface area (Å²) in [5.74, 6) is 1.02. The van der Waals surface area contributed by atoms with E-state index in [1.54, 1.807) is 0 Å². The van der Waals surface area contributed by atoms with Crippen molar-refractivity contribution in [1.29, 1.82) is 0 Å². The molecule has 0 spiro atoms. The van der Waals surface area contributed by atoms with Gasteiger partial charge >= 0.3 is 6.03 Å². The number of urea groups is 1. The van der Waals surface area contributed by atoms with E-state index in [1.807, 2.05) is 24.0 Å². The summed E-state index contributed by atoms with van der Waals surface area (Å²) >= 11 is 0. The zero-order valence-electron chi connectivity index (χ0n) is 13.4. The van der Waals surface area contributed by atoms with Crippen LogP contribution in [0.4, 0.5) is 16.3 Å². The van der Waals surface area contributed by atoms with Crippen molar-refractivity contribution in [1.82, 2.24) is 15.2 Å². The van der Waals surface area contributed by atoms with Gasteiger partial charge in [-0.15, -0.1) is 0 Å². The molecule has 1 aromatic rings. The van der Waals surface area contributed by atoms with Gasteiger partial charge in [0.15, 0.2) is 0 Å². The van der Waals surface area contributed by atoms with Crippen LogP contribution in [0.5, 0.6) is 0 Å². The highest BCUT2D eigenvalue weighted by Crippen LogP contribution is 2.22. The maximum atomic E-state index is 12.4. The molecule has 6 heteroatoms. The van der Waals surface area contributed by atoms with Crippen LogP contribution in [-0.2, 0) is 0 Å². The van der Waals surface area contributed by atoms with Gasteiger partial charge in [-0.1, -0.05) is 0 Å². The highest BCUT2D eigenvalue weighted by atomic mass is 16.2. The van der Waals surface area contributed by atoms with Crippen molar-refractivity contribution in [2.45, 2.75) is 32.7 Å². The van der Waals surface area contributed by atoms with Crippen molar-refractivity contribution in [3.05, 3.63) is 17.8 Å². The molecule has 0 bridgehead atoms. The van der Waals surface area contributed by atoms with E-state index in [-0.39, 0.29) is 6.03 Å². The number of rotatable bonds is 2. The van der Waals surface area contributed by atoms with Gasteiger partial charge in [0.05, 0.1) is 11.4 Å². The number of piperazine rings is 1. The molecule has 2 aliphatic rings. The predicted octanol–water partition coefficient (Wildman–Crippen LogP) is 1.82. The van der Waals surface area contributed by atoms with E-state index in [9.17, 15) is 4.79 Å². The van der Waals surface area contributed by atoms with Gasteiger partial charge in [0.25, 0.3) is 0 Å². The first-order valence-electron chi connectivity index (χ1n) is 8.15. The Kier molecular flexibility index (Phi) is 4.47. The van der Waals surface area contributed by atoms with Crippen molar-refractivity contribution in [2.24, 2.45) is 0 Å². The van der Waals surface area contributed by atoms with E-state index in [0.717, 1.165) is 49.9 Å². The van der Waals surface area contributed by atoms with Gasteiger partial charge in [0.2, 0.25) is 0 Å². The lowest BCUT2D eigenvalue weighted by Crippen LogP contribution is -2.52. The van der Waals surface area contributed by atoms with Gasteiger partial charge in [-0.2, -0.15) is 0 Å². The SMILES string of the molecule is Cc1nc(N2CCCC2)ccc1NC(=O)N1CCNC(C)C1. The van der Waals surface area contributed by atoms with Gasteiger partial charge < -0.3 is 20.4 Å². The molecule has 120 valence electrons. The standard InChI is InChI=1S/C16H25N5O/c1-12-11-21(10-7-17-12)16(22)19-14-5-6-15(18-13(14)2)20-8-3-4-9-20/h5-6,12,17H,3-4,7-11H2,1-2H3,(H,19,22). The van der Waals surface area contributed by atoms with Crippen LogP contribution in [-0.4, -0.2) is 54.7 Å². The number of aromatic nitrogens is 1. The first-order valence-corrected chi connectivity index (χ1v) is 8.15. The fraction of sp³-hybridized carbons (Fsp3) is 0.625. The lowest BCUT2D eigenvalue weighted by atomic mass is 10.2. The largest absolute Gasteiger partial charge is 0.357 e. The third kappa shape index (κ3) is 3.32. The van der Waals surface area contributed by atoms with Gasteiger partial charge in [-0.25, -0.2) is 9.78 Å². The van der Waals surface area contributed by atoms with E-state index in [1.165, 1.54) is 12.8 Å². The number of carbonyl (C=O) groups excluding carboxylic acids is 1. The first kappa shape index (κ1) is 15.1. The molecule has 3 heterocycles. The Morgan fingerprint density at radius 2 is 2.09 bits per heavy atom. The highest BCUT2D eigenvalue weighted by Gasteiger charge is 2.21. The lowest BCUT2D eigenvalue weighted by molar-refractivity contribution is 0.192. The molecule has 1 unspecified atom stereocenters. The summed E-state index contributed by atoms with van der Waals surface area (Å²) in [7, 11) is 0. The molecule has 3 rings (SSSR count). The molecule has 1 atom stereocenters. The number of hydrogen-bond acceptors (Lipinski definition) is 4. The lowest BCUT2D eigenvalue weighted by Gasteiger charge is -2.32. The average Bonchev–Trinajstić information content (AvgIpc) is 3.03. The second kappa shape index (κ2) is 6.52. The second-order valence-corrected chi connectivity index (χ2v) is 6.23. The Labute approximate surface area is 131 Å². The summed E-state index contributed by atoms with van der Waals surface area (Å²) in [6, 6.07) is 4.29. The van der Waals surface area contributed by atoms with E-state index in [4.69, 9.17) is 0 Å². The Balaban J connectivity index is 1.65. The van der Waals surface area contributed by atoms with Crippen LogP contribution in [0, 0.1) is 6.92 Å². The molecule has 0 saturated carbocycles. The van der Waals surface area contributed by atoms with Crippen LogP contribution in [0.2, 0.25) is 0 Å². The second-order valence-electron chi connectivity index (χ2n) is 6.23. The van der Waals surface area contributed by atoms with Crippen molar-refractivity contribution >= 4 is 17.5 Å². The molecule has 2 fully saturated rings. The van der Waals surface area contributed by atoms with Crippen LogP contribution in [0.3, 0.4) is 0 Å². The summed E-state index contributed by atoms with van der Waals surface area (Å²) in [5.41, 5.74) is 1.68. The van der Waals surface area contributed by atoms with Crippen molar-refractivity contribution < 1.29 is 4.79 Å². The number of aryl methyl sites for hydroxylation is 1. The van der Waals surface area contributed by atoms with Gasteiger partial charge in [-0.3, -0.25) is 0 Å². The number of carbonyl (C=O) groups is 1. The number of anilines is 2. The molecular weight excluding hydrogens is 278 g/mol. The Morgan fingerprint density at radius 3 is 2.77 bits per heavy atom. The minimum absolute atomic E-state index is 0.0350. The van der Waals surface area contributed by atoms with E-state index in [0.29, 0.717) is 6.04 Å². The molecule has 0 aromatic carbocycles. The van der Waals surface area contributed by atoms with Crippen molar-refractivity contribution in [2.75, 3.05) is 42.9 Å². The van der Waals surface area contributed by atoms with Crippen LogP contribution in [0.1, 0.15) is 25.5 Å². The van der Waals surface area contributed by atoms with Crippen LogP contribution < -0.4 is 15.5 Å². The number of nitrogens with zero attached hydrogens (tertiary/aromatic N) is 3. The fourth-order valence-electron chi connectivity index (χ4n) is 3.11. The van der Waals surface area contributed by atoms with Gasteiger partial charge in [0, 0.05) is 38.8 Å². The van der Waals surface area contributed by atoms with Crippen molar-refractivity contribution in [3.8, 4) is 0 Å². The smallest absolute Gasteiger partial charge is 0.321 e. The quantitative estimate of drug-likeness (QED) is 0.875. The normalized spacial score (nSPS) is 22.0. The number of amides is 2. The van der Waals surface area contributed by atoms with E-state index in [2.05, 4.69) is 27.4 Å². The Bertz CT molecular complexity index is 541. The fourth-order valence-corrected chi connectivity index (χ4v) is 3.11. The predicted molar refractivity (Wildman–Crippen MR) is 88.5 cm³/mol. The van der Waals surface area contributed by atoms with Gasteiger partial charge in [-0.05, 0) is 38.8 Å². The summed E-state index contributed by atoms with van der Waals surface area (Å²) < 4.78 is 0. The molecule has 2 N–H and O–H groups in total. The number of hydrogen-bond donors (Lipinski definition) is 2. The van der Waals surface area contributed by atoms with Crippen molar-refractivity contribution in [3.63, 3.8) is 0 Å². The topological polar surface area (TPSA) is 60.5 Å². The van der Waals surface area contributed by atoms with E-state index < -0.39 is 0 Å². The molecular formula is C16H25N5O. The summed E-state index contributed by atoms with van der Waals surface area (Å²) in [6.45, 7) is 8.54. The Morgan fingerprint density at radius 1 is 1.32 bits per heavy atom. The summed E-state index contributed by atoms with van der Waals surface area (Å²) in [5, 5.41) is 6.34. The molecule has 6 nitrogen and oxygen atoms in total. The molecule has 2 aliphatic heterocycles. The third-order valence-electron chi connectivity index (χ3n) is 4.40. The zero-order valence-corrected chi connectivity index (χ0v) is 13.4. The van der Waals surface area contributed by atoms with Gasteiger partial charge in [0.1, 0.15) is 5.82 Å². The molecule has 2 saturated heterocycles. The van der Waals surface area contributed by atoms with Crippen LogP contribution >= 0.6 is 0 Å². The number of pyridine rings is 1. The number of nitrogens with one attached hydrogen (secondary N) is 2. The molecule has 1 aromatic heterocycles. The minimum Gasteiger partial charge on any atom is -0.357 e. The molecule has 22 heavy (non-hydrogen) atoms. The average molecular weight is 303 g/mol. The Hall–Kier alpha value is -1.82. The molecule has 0 radical (unpaired) electrons. The molecule has 0 aliphatic carbocycles. The van der Waals surface area contributed by atoms with Crippen LogP contribution in [0.15, 0.2) is 12.1 Å². The molecule has 2 amide bonds. The summed E-state index contributed by atoms with van der Waals surface area (Å²) in [4.78, 5) is 21.2. The van der Waals surface area contributed by atoms with Crippen LogP contribution in [0.25, 0.3) is 0 Å².